The monoisotopic (exact) mass is 425 g/mol. The highest BCUT2D eigenvalue weighted by Gasteiger charge is 2.50. The number of ketones is 1. The number of pyridine rings is 1. The standard InChI is InChI=1S/C24H35N5O2/c1-26(2)14-15-28-13-9-21-22(28)23(30)19-18-25-10-8-20(19)24(21,31-17-16-27(3)4)29-11-6-5-7-12-29/h8-10,13,18H,5-7,11-12,14-17H2,1-4H3. The number of ether oxygens (including phenoxy) is 1. The molecule has 1 unspecified atom stereocenters. The molecule has 31 heavy (non-hydrogen) atoms. The number of hydrogen-bond donors (Lipinski definition) is 0. The lowest BCUT2D eigenvalue weighted by Crippen LogP contribution is -2.54. The first kappa shape index (κ1) is 22.1. The number of aromatic nitrogens is 2. The molecule has 1 aliphatic heterocycles. The summed E-state index contributed by atoms with van der Waals surface area (Å²) in [5.74, 6) is 0.0469. The van der Waals surface area contributed by atoms with Crippen molar-refractivity contribution in [2.45, 2.75) is 31.5 Å². The van der Waals surface area contributed by atoms with E-state index >= 15 is 0 Å². The van der Waals surface area contributed by atoms with Gasteiger partial charge in [0.1, 0.15) is 0 Å². The van der Waals surface area contributed by atoms with Gasteiger partial charge in [0.05, 0.1) is 17.9 Å². The van der Waals surface area contributed by atoms with Crippen molar-refractivity contribution in [3.8, 4) is 0 Å². The Balaban J connectivity index is 1.86. The van der Waals surface area contributed by atoms with Crippen molar-refractivity contribution in [1.82, 2.24) is 24.3 Å². The van der Waals surface area contributed by atoms with Crippen LogP contribution in [-0.2, 0) is 17.0 Å². The first-order chi connectivity index (χ1) is 14.9. The summed E-state index contributed by atoms with van der Waals surface area (Å²) in [6.45, 7) is 4.95. The Morgan fingerprint density at radius 1 is 1.03 bits per heavy atom. The third-order valence-corrected chi connectivity index (χ3v) is 6.41. The van der Waals surface area contributed by atoms with Crippen molar-refractivity contribution in [2.24, 2.45) is 0 Å². The fourth-order valence-corrected chi connectivity index (χ4v) is 4.81. The number of piperidine rings is 1. The van der Waals surface area contributed by atoms with Gasteiger partial charge in [-0.15, -0.1) is 0 Å². The molecule has 0 radical (unpaired) electrons. The number of rotatable bonds is 8. The van der Waals surface area contributed by atoms with Crippen molar-refractivity contribution < 1.29 is 9.53 Å². The van der Waals surface area contributed by atoms with Gasteiger partial charge in [-0.1, -0.05) is 6.42 Å². The summed E-state index contributed by atoms with van der Waals surface area (Å²) < 4.78 is 8.94. The van der Waals surface area contributed by atoms with Crippen LogP contribution in [-0.4, -0.2) is 91.0 Å². The summed E-state index contributed by atoms with van der Waals surface area (Å²) in [5, 5.41) is 0. The SMILES string of the molecule is CN(C)CCOC1(N2CCCCC2)c2ccncc2C(=O)c2c1ccn2CCN(C)C. The highest BCUT2D eigenvalue weighted by atomic mass is 16.5. The quantitative estimate of drug-likeness (QED) is 0.647. The van der Waals surface area contributed by atoms with E-state index in [-0.39, 0.29) is 5.78 Å². The molecule has 2 aromatic rings. The van der Waals surface area contributed by atoms with E-state index in [1.807, 2.05) is 6.07 Å². The number of carbonyl (C=O) groups is 1. The van der Waals surface area contributed by atoms with Crippen molar-refractivity contribution in [3.05, 3.63) is 53.1 Å². The predicted molar refractivity (Wildman–Crippen MR) is 121 cm³/mol. The average molecular weight is 426 g/mol. The van der Waals surface area contributed by atoms with E-state index < -0.39 is 5.72 Å². The highest BCUT2D eigenvalue weighted by molar-refractivity contribution is 6.12. The van der Waals surface area contributed by atoms with Crippen molar-refractivity contribution >= 4 is 5.78 Å². The molecule has 0 saturated carbocycles. The Hall–Kier alpha value is -2.06. The molecular weight excluding hydrogens is 390 g/mol. The molecule has 7 heteroatoms. The van der Waals surface area contributed by atoms with Gasteiger partial charge >= 0.3 is 0 Å². The molecule has 0 amide bonds. The molecule has 168 valence electrons. The van der Waals surface area contributed by atoms with Crippen LogP contribution in [0.15, 0.2) is 30.7 Å². The normalized spacial score (nSPS) is 21.5. The zero-order chi connectivity index (χ0) is 22.0. The fourth-order valence-electron chi connectivity index (χ4n) is 4.81. The molecule has 7 nitrogen and oxygen atoms in total. The summed E-state index contributed by atoms with van der Waals surface area (Å²) >= 11 is 0. The lowest BCUT2D eigenvalue weighted by molar-refractivity contribution is -0.144. The Labute approximate surface area is 185 Å². The summed E-state index contributed by atoms with van der Waals surface area (Å²) in [4.78, 5) is 24.7. The Morgan fingerprint density at radius 2 is 1.77 bits per heavy atom. The topological polar surface area (TPSA) is 53.8 Å². The maximum absolute atomic E-state index is 13.6. The number of likely N-dealkylation sites (tertiary alicyclic amines) is 1. The lowest BCUT2D eigenvalue weighted by atomic mass is 9.81. The van der Waals surface area contributed by atoms with E-state index in [4.69, 9.17) is 4.74 Å². The van der Waals surface area contributed by atoms with E-state index in [0.29, 0.717) is 12.2 Å². The number of fused-ring (bicyclic) bond motifs is 2. The Bertz CT molecular complexity index is 916. The molecule has 1 aliphatic carbocycles. The second-order valence-corrected chi connectivity index (χ2v) is 9.17. The van der Waals surface area contributed by atoms with Crippen LogP contribution in [0.4, 0.5) is 0 Å². The van der Waals surface area contributed by atoms with Gasteiger partial charge in [0.15, 0.2) is 5.72 Å². The van der Waals surface area contributed by atoms with Gasteiger partial charge < -0.3 is 19.1 Å². The third kappa shape index (κ3) is 4.07. The van der Waals surface area contributed by atoms with Gasteiger partial charge in [0, 0.05) is 62.4 Å². The average Bonchev–Trinajstić information content (AvgIpc) is 3.20. The van der Waals surface area contributed by atoms with E-state index in [0.717, 1.165) is 62.4 Å². The molecule has 2 aromatic heterocycles. The van der Waals surface area contributed by atoms with Gasteiger partial charge in [0.25, 0.3) is 0 Å². The fraction of sp³-hybridized carbons (Fsp3) is 0.583. The molecule has 0 bridgehead atoms. The third-order valence-electron chi connectivity index (χ3n) is 6.41. The highest BCUT2D eigenvalue weighted by Crippen LogP contribution is 2.46. The largest absolute Gasteiger partial charge is 0.350 e. The summed E-state index contributed by atoms with van der Waals surface area (Å²) in [6, 6.07) is 4.09. The Morgan fingerprint density at radius 3 is 2.48 bits per heavy atom. The lowest BCUT2D eigenvalue weighted by Gasteiger charge is -2.48. The van der Waals surface area contributed by atoms with E-state index in [1.54, 1.807) is 12.4 Å². The number of carbonyl (C=O) groups excluding carboxylic acids is 1. The van der Waals surface area contributed by atoms with E-state index in [2.05, 4.69) is 64.7 Å². The van der Waals surface area contributed by atoms with Crippen molar-refractivity contribution in [3.63, 3.8) is 0 Å². The summed E-state index contributed by atoms with van der Waals surface area (Å²) in [6.07, 6.45) is 9.09. The van der Waals surface area contributed by atoms with Crippen molar-refractivity contribution in [1.29, 1.82) is 0 Å². The minimum atomic E-state index is -0.749. The van der Waals surface area contributed by atoms with Gasteiger partial charge in [-0.25, -0.2) is 0 Å². The molecule has 1 saturated heterocycles. The Kier molecular flexibility index (Phi) is 6.57. The molecule has 4 rings (SSSR count). The minimum absolute atomic E-state index is 0.0469. The predicted octanol–water partition coefficient (Wildman–Crippen LogP) is 2.25. The molecule has 1 atom stereocenters. The van der Waals surface area contributed by atoms with E-state index in [1.165, 1.54) is 6.42 Å². The molecule has 0 N–H and O–H groups in total. The molecule has 3 heterocycles. The van der Waals surface area contributed by atoms with Crippen LogP contribution in [0.5, 0.6) is 0 Å². The van der Waals surface area contributed by atoms with Crippen LogP contribution in [0.1, 0.15) is 46.4 Å². The number of hydrogen-bond acceptors (Lipinski definition) is 6. The summed E-state index contributed by atoms with van der Waals surface area (Å²) in [7, 11) is 8.23. The second kappa shape index (κ2) is 9.20. The zero-order valence-corrected chi connectivity index (χ0v) is 19.3. The number of nitrogens with zero attached hydrogens (tertiary/aromatic N) is 5. The number of likely N-dealkylation sites (N-methyl/N-ethyl adjacent to an activating group) is 2. The minimum Gasteiger partial charge on any atom is -0.350 e. The first-order valence-corrected chi connectivity index (χ1v) is 11.3. The van der Waals surface area contributed by atoms with Gasteiger partial charge in [-0.3, -0.25) is 14.7 Å². The van der Waals surface area contributed by atoms with Crippen molar-refractivity contribution in [2.75, 3.05) is 61.0 Å². The van der Waals surface area contributed by atoms with Gasteiger partial charge in [0.2, 0.25) is 5.78 Å². The molecule has 0 aromatic carbocycles. The van der Waals surface area contributed by atoms with Crippen LogP contribution >= 0.6 is 0 Å². The van der Waals surface area contributed by atoms with Crippen LogP contribution < -0.4 is 0 Å². The molecular formula is C24H35N5O2. The van der Waals surface area contributed by atoms with Gasteiger partial charge in [-0.05, 0) is 53.2 Å². The van der Waals surface area contributed by atoms with Gasteiger partial charge in [-0.2, -0.15) is 0 Å². The smallest absolute Gasteiger partial charge is 0.211 e. The van der Waals surface area contributed by atoms with E-state index in [9.17, 15) is 4.79 Å². The maximum atomic E-state index is 13.6. The van der Waals surface area contributed by atoms with Crippen LogP contribution in [0, 0.1) is 0 Å². The van der Waals surface area contributed by atoms with Crippen LogP contribution in [0.25, 0.3) is 0 Å². The molecule has 1 fully saturated rings. The summed E-state index contributed by atoms with van der Waals surface area (Å²) in [5.41, 5.74) is 2.58. The van der Waals surface area contributed by atoms with Crippen LogP contribution in [0.2, 0.25) is 0 Å². The first-order valence-electron chi connectivity index (χ1n) is 11.3. The maximum Gasteiger partial charge on any atom is 0.211 e. The zero-order valence-electron chi connectivity index (χ0n) is 19.3. The van der Waals surface area contributed by atoms with Crippen LogP contribution in [0.3, 0.4) is 0 Å². The molecule has 2 aliphatic rings. The molecule has 0 spiro atoms. The second-order valence-electron chi connectivity index (χ2n) is 9.17.